The van der Waals surface area contributed by atoms with Gasteiger partial charge in [-0.2, -0.15) is 0 Å². The lowest BCUT2D eigenvalue weighted by Crippen LogP contribution is -2.21. The van der Waals surface area contributed by atoms with Crippen molar-refractivity contribution in [1.29, 1.82) is 0 Å². The van der Waals surface area contributed by atoms with Crippen LogP contribution in [0.3, 0.4) is 0 Å². The second kappa shape index (κ2) is 15.5. The molecule has 1 aromatic heterocycles. The van der Waals surface area contributed by atoms with Crippen LogP contribution in [-0.4, -0.2) is 29.1 Å². The van der Waals surface area contributed by atoms with E-state index in [-0.39, 0.29) is 12.0 Å². The molecule has 0 spiro atoms. The maximum Gasteiger partial charge on any atom is 0.129 e. The number of aliphatic hydroxyl groups is 2. The van der Waals surface area contributed by atoms with Crippen LogP contribution >= 0.6 is 0 Å². The molecule has 1 heterocycles. The second-order valence-electron chi connectivity index (χ2n) is 7.62. The molecule has 158 valence electrons. The molecule has 0 aliphatic carbocycles. The molecule has 0 aliphatic rings. The molecule has 1 rings (SSSR count). The van der Waals surface area contributed by atoms with Gasteiger partial charge in [0.25, 0.3) is 0 Å². The van der Waals surface area contributed by atoms with Gasteiger partial charge in [0, 0.05) is 0 Å². The van der Waals surface area contributed by atoms with Crippen LogP contribution in [0.25, 0.3) is 0 Å². The van der Waals surface area contributed by atoms with Crippen molar-refractivity contribution in [2.45, 2.75) is 80.2 Å². The number of ether oxygens (including phenoxy) is 1. The summed E-state index contributed by atoms with van der Waals surface area (Å²) in [4.78, 5) is 0. The molecule has 1 atom stereocenters. The number of rotatable bonds is 7. The maximum absolute atomic E-state index is 11.0. The van der Waals surface area contributed by atoms with E-state index in [1.807, 2.05) is 19.9 Å². The van der Waals surface area contributed by atoms with Gasteiger partial charge >= 0.3 is 0 Å². The largest absolute Gasteiger partial charge is 0.495 e. The molecule has 0 saturated carbocycles. The summed E-state index contributed by atoms with van der Waals surface area (Å²) < 4.78 is 21.5. The predicted molar refractivity (Wildman–Crippen MR) is 110 cm³/mol. The highest BCUT2D eigenvalue weighted by molar-refractivity contribution is 5.09. The van der Waals surface area contributed by atoms with Gasteiger partial charge in [-0.25, -0.2) is 4.39 Å². The van der Waals surface area contributed by atoms with E-state index < -0.39 is 12.3 Å². The molecular weight excluding hydrogens is 347 g/mol. The lowest BCUT2D eigenvalue weighted by atomic mass is 9.88. The molecule has 0 fully saturated rings. The Morgan fingerprint density at radius 1 is 1.33 bits per heavy atom. The summed E-state index contributed by atoms with van der Waals surface area (Å²) in [6, 6.07) is 3.58. The van der Waals surface area contributed by atoms with E-state index in [1.54, 1.807) is 18.2 Å². The molecule has 0 amide bonds. The molecule has 1 aromatic rings. The fourth-order valence-corrected chi connectivity index (χ4v) is 1.84. The second-order valence-corrected chi connectivity index (χ2v) is 7.62. The molecule has 1 unspecified atom stereocenters. The summed E-state index contributed by atoms with van der Waals surface area (Å²) in [7, 11) is 0. The quantitative estimate of drug-likeness (QED) is 0.464. The number of furan rings is 1. The zero-order chi connectivity index (χ0) is 21.5. The van der Waals surface area contributed by atoms with E-state index in [1.165, 1.54) is 13.8 Å². The van der Waals surface area contributed by atoms with Crippen molar-refractivity contribution in [3.63, 3.8) is 0 Å². The number of halogens is 1. The molecule has 0 aliphatic heterocycles. The van der Waals surface area contributed by atoms with Gasteiger partial charge in [-0.3, -0.25) is 0 Å². The van der Waals surface area contributed by atoms with Gasteiger partial charge in [0.2, 0.25) is 0 Å². The Hall–Kier alpha value is -1.59. The Labute approximate surface area is 164 Å². The van der Waals surface area contributed by atoms with Crippen molar-refractivity contribution >= 4 is 0 Å². The first-order valence-corrected chi connectivity index (χ1v) is 9.40. The van der Waals surface area contributed by atoms with Crippen LogP contribution in [0.2, 0.25) is 0 Å². The molecule has 5 heteroatoms. The van der Waals surface area contributed by atoms with E-state index in [9.17, 15) is 9.50 Å². The van der Waals surface area contributed by atoms with Crippen LogP contribution < -0.4 is 0 Å². The summed E-state index contributed by atoms with van der Waals surface area (Å²) in [5.74, 6) is 2.10. The van der Waals surface area contributed by atoms with E-state index in [2.05, 4.69) is 27.4 Å². The predicted octanol–water partition coefficient (Wildman–Crippen LogP) is 5.72. The van der Waals surface area contributed by atoms with Crippen LogP contribution in [0.15, 0.2) is 41.0 Å². The average molecular weight is 387 g/mol. The molecule has 27 heavy (non-hydrogen) atoms. The van der Waals surface area contributed by atoms with Gasteiger partial charge in [-0.15, -0.1) is 0 Å². The summed E-state index contributed by atoms with van der Waals surface area (Å²) in [6.45, 7) is 17.4. The summed E-state index contributed by atoms with van der Waals surface area (Å²) in [6.07, 6.45) is 3.82. The monoisotopic (exact) mass is 386 g/mol. The number of aliphatic hydroxyl groups excluding tert-OH is 2. The van der Waals surface area contributed by atoms with Gasteiger partial charge < -0.3 is 19.4 Å². The number of aryl methyl sites for hydroxylation is 1. The van der Waals surface area contributed by atoms with Crippen molar-refractivity contribution in [3.8, 4) is 0 Å². The summed E-state index contributed by atoms with van der Waals surface area (Å²) >= 11 is 0. The van der Waals surface area contributed by atoms with Crippen molar-refractivity contribution < 1.29 is 23.8 Å². The lowest BCUT2D eigenvalue weighted by Gasteiger charge is -2.24. The van der Waals surface area contributed by atoms with Crippen molar-refractivity contribution in [2.24, 2.45) is 5.41 Å². The van der Waals surface area contributed by atoms with Crippen molar-refractivity contribution in [2.75, 3.05) is 6.61 Å². The molecule has 0 saturated heterocycles. The van der Waals surface area contributed by atoms with Gasteiger partial charge in [0.1, 0.15) is 30.0 Å². The molecule has 0 radical (unpaired) electrons. The highest BCUT2D eigenvalue weighted by Crippen LogP contribution is 2.24. The normalized spacial score (nSPS) is 12.5. The Balaban J connectivity index is 0. The first-order valence-electron chi connectivity index (χ1n) is 9.40. The van der Waals surface area contributed by atoms with E-state index in [0.717, 1.165) is 12.2 Å². The number of allylic oxidation sites excluding steroid dienone is 2. The molecule has 2 N–H and O–H groups in total. The summed E-state index contributed by atoms with van der Waals surface area (Å²) in [5, 5.41) is 18.4. The molecule has 4 nitrogen and oxygen atoms in total. The van der Waals surface area contributed by atoms with E-state index in [0.29, 0.717) is 24.5 Å². The maximum atomic E-state index is 11.0. The lowest BCUT2D eigenvalue weighted by molar-refractivity contribution is 0.0738. The minimum atomic E-state index is -0.667. The van der Waals surface area contributed by atoms with Crippen LogP contribution in [0.1, 0.15) is 65.9 Å². The van der Waals surface area contributed by atoms with Crippen LogP contribution in [0.4, 0.5) is 4.39 Å². The van der Waals surface area contributed by atoms with E-state index in [4.69, 9.17) is 14.3 Å². The third-order valence-corrected chi connectivity index (χ3v) is 2.84. The standard InChI is InChI=1S/C13H24O2.C6H8O2.C3H7F/c1-6-8-12(15-9-7-2)11(14)10-13(3,4)5;1-5-2-3-6(4-7)8-5;1-3(2)4/h6,8,11,14H,1,7,9-10H2,2-5H3;2-3,7H,4H2,1H3;3H,1-2H3/b12-8-;;. The first-order chi connectivity index (χ1) is 12.5. The number of hydrogen-bond acceptors (Lipinski definition) is 4. The third kappa shape index (κ3) is 19.0. The topological polar surface area (TPSA) is 62.8 Å². The highest BCUT2D eigenvalue weighted by Gasteiger charge is 2.20. The van der Waals surface area contributed by atoms with Crippen molar-refractivity contribution in [3.05, 3.63) is 48.1 Å². The Kier molecular flexibility index (Phi) is 15.8. The van der Waals surface area contributed by atoms with Gasteiger partial charge in [0.05, 0.1) is 12.8 Å². The number of alkyl halides is 1. The first kappa shape index (κ1) is 27.6. The minimum Gasteiger partial charge on any atom is -0.495 e. The SMILES string of the molecule is C=C/C=C(\OCCC)C(O)CC(C)(C)C.CC(C)F.Cc1ccc(CO)o1. The zero-order valence-corrected chi connectivity index (χ0v) is 18.1. The molecule has 0 aromatic carbocycles. The molecule has 0 bridgehead atoms. The minimum absolute atomic E-state index is 0.00611. The van der Waals surface area contributed by atoms with Gasteiger partial charge in [0.15, 0.2) is 0 Å². The number of hydrogen-bond donors (Lipinski definition) is 2. The molecular formula is C22H39FO4. The fraction of sp³-hybridized carbons (Fsp3) is 0.636. The third-order valence-electron chi connectivity index (χ3n) is 2.84. The van der Waals surface area contributed by atoms with Crippen LogP contribution in [0.5, 0.6) is 0 Å². The Bertz CT molecular complexity index is 510. The van der Waals surface area contributed by atoms with Gasteiger partial charge in [-0.05, 0) is 57.2 Å². The summed E-state index contributed by atoms with van der Waals surface area (Å²) in [5.41, 5.74) is 0.0925. The highest BCUT2D eigenvalue weighted by atomic mass is 19.1. The fourth-order valence-electron chi connectivity index (χ4n) is 1.84. The smallest absolute Gasteiger partial charge is 0.129 e. The Morgan fingerprint density at radius 2 is 1.89 bits per heavy atom. The Morgan fingerprint density at radius 3 is 2.19 bits per heavy atom. The van der Waals surface area contributed by atoms with Crippen LogP contribution in [-0.2, 0) is 11.3 Å². The van der Waals surface area contributed by atoms with E-state index >= 15 is 0 Å². The van der Waals surface area contributed by atoms with Crippen LogP contribution in [0, 0.1) is 12.3 Å². The van der Waals surface area contributed by atoms with Crippen molar-refractivity contribution in [1.82, 2.24) is 0 Å². The van der Waals surface area contributed by atoms with Gasteiger partial charge in [-0.1, -0.05) is 40.3 Å². The average Bonchev–Trinajstić information content (AvgIpc) is 2.95. The zero-order valence-electron chi connectivity index (χ0n) is 18.1.